The third-order valence-electron chi connectivity index (χ3n) is 3.59. The zero-order valence-corrected chi connectivity index (χ0v) is 14.1. The minimum atomic E-state index is -0.865. The number of amides is 1. The number of nitrogens with zero attached hydrogens (tertiary/aromatic N) is 1. The van der Waals surface area contributed by atoms with E-state index in [-0.39, 0.29) is 24.5 Å². The lowest BCUT2D eigenvalue weighted by Gasteiger charge is -2.28. The molecule has 0 aliphatic heterocycles. The standard InChI is InChI=1S/C16H31NO4/c1-6-14(7-2)15(18)17(11-13(5)16(19)20)9-8-10-21-12(3)4/h12-14H,6-11H2,1-5H3,(H,19,20). The second-order valence-corrected chi connectivity index (χ2v) is 5.81. The van der Waals surface area contributed by atoms with Crippen molar-refractivity contribution in [2.45, 2.75) is 60.0 Å². The van der Waals surface area contributed by atoms with Gasteiger partial charge in [0.1, 0.15) is 0 Å². The number of hydrogen-bond acceptors (Lipinski definition) is 3. The largest absolute Gasteiger partial charge is 0.481 e. The van der Waals surface area contributed by atoms with E-state index >= 15 is 0 Å². The normalized spacial score (nSPS) is 12.7. The van der Waals surface area contributed by atoms with Crippen molar-refractivity contribution in [2.75, 3.05) is 19.7 Å². The lowest BCUT2D eigenvalue weighted by molar-refractivity contribution is -0.144. The number of hydrogen-bond donors (Lipinski definition) is 1. The molecule has 0 radical (unpaired) electrons. The van der Waals surface area contributed by atoms with Crippen LogP contribution in [0.1, 0.15) is 53.9 Å². The van der Waals surface area contributed by atoms with Crippen molar-refractivity contribution in [3.05, 3.63) is 0 Å². The highest BCUT2D eigenvalue weighted by Crippen LogP contribution is 2.14. The topological polar surface area (TPSA) is 66.8 Å². The maximum Gasteiger partial charge on any atom is 0.308 e. The van der Waals surface area contributed by atoms with E-state index in [4.69, 9.17) is 9.84 Å². The predicted octanol–water partition coefficient (Wildman–Crippen LogP) is 2.79. The van der Waals surface area contributed by atoms with Crippen molar-refractivity contribution in [2.24, 2.45) is 11.8 Å². The summed E-state index contributed by atoms with van der Waals surface area (Å²) in [5.74, 6) is -1.36. The van der Waals surface area contributed by atoms with Gasteiger partial charge in [-0.2, -0.15) is 0 Å². The highest BCUT2D eigenvalue weighted by molar-refractivity contribution is 5.79. The van der Waals surface area contributed by atoms with Crippen LogP contribution in [0.3, 0.4) is 0 Å². The minimum absolute atomic E-state index is 0.0167. The second kappa shape index (κ2) is 10.6. The van der Waals surface area contributed by atoms with Gasteiger partial charge >= 0.3 is 5.97 Å². The van der Waals surface area contributed by atoms with E-state index in [1.807, 2.05) is 27.7 Å². The quantitative estimate of drug-likeness (QED) is 0.596. The van der Waals surface area contributed by atoms with Crippen LogP contribution >= 0.6 is 0 Å². The summed E-state index contributed by atoms with van der Waals surface area (Å²) < 4.78 is 5.48. The maximum absolute atomic E-state index is 12.5. The molecule has 0 aromatic rings. The van der Waals surface area contributed by atoms with E-state index in [0.29, 0.717) is 13.2 Å². The van der Waals surface area contributed by atoms with Crippen LogP contribution in [-0.2, 0) is 14.3 Å². The number of aliphatic carboxylic acids is 1. The summed E-state index contributed by atoms with van der Waals surface area (Å²) in [7, 11) is 0. The summed E-state index contributed by atoms with van der Waals surface area (Å²) in [4.78, 5) is 25.2. The van der Waals surface area contributed by atoms with Crippen molar-refractivity contribution in [3.63, 3.8) is 0 Å². The monoisotopic (exact) mass is 301 g/mol. The molecule has 1 N–H and O–H groups in total. The van der Waals surface area contributed by atoms with Gasteiger partial charge in [0.2, 0.25) is 5.91 Å². The molecule has 0 bridgehead atoms. The van der Waals surface area contributed by atoms with Crippen LogP contribution in [0.5, 0.6) is 0 Å². The van der Waals surface area contributed by atoms with Gasteiger partial charge in [0.05, 0.1) is 12.0 Å². The molecule has 0 aliphatic carbocycles. The van der Waals surface area contributed by atoms with Crippen molar-refractivity contribution < 1.29 is 19.4 Å². The first-order valence-electron chi connectivity index (χ1n) is 7.96. The molecule has 0 aromatic carbocycles. The first-order chi connectivity index (χ1) is 9.83. The van der Waals surface area contributed by atoms with E-state index < -0.39 is 11.9 Å². The Kier molecular flexibility index (Phi) is 10.0. The zero-order chi connectivity index (χ0) is 16.4. The Morgan fingerprint density at radius 3 is 2.14 bits per heavy atom. The molecular formula is C16H31NO4. The molecule has 0 saturated heterocycles. The molecule has 1 unspecified atom stereocenters. The fourth-order valence-corrected chi connectivity index (χ4v) is 2.17. The number of carbonyl (C=O) groups is 2. The Bertz CT molecular complexity index is 313. The molecule has 0 rings (SSSR count). The third-order valence-corrected chi connectivity index (χ3v) is 3.59. The van der Waals surface area contributed by atoms with Crippen LogP contribution in [0, 0.1) is 11.8 Å². The highest BCUT2D eigenvalue weighted by atomic mass is 16.5. The van der Waals surface area contributed by atoms with E-state index in [2.05, 4.69) is 0 Å². The average Bonchev–Trinajstić information content (AvgIpc) is 2.42. The maximum atomic E-state index is 12.5. The molecule has 5 nitrogen and oxygen atoms in total. The van der Waals surface area contributed by atoms with Crippen molar-refractivity contribution in [1.29, 1.82) is 0 Å². The smallest absolute Gasteiger partial charge is 0.308 e. The van der Waals surface area contributed by atoms with Gasteiger partial charge in [0, 0.05) is 25.6 Å². The van der Waals surface area contributed by atoms with Gasteiger partial charge in [-0.25, -0.2) is 0 Å². The molecule has 0 heterocycles. The molecule has 21 heavy (non-hydrogen) atoms. The highest BCUT2D eigenvalue weighted by Gasteiger charge is 2.24. The van der Waals surface area contributed by atoms with Crippen LogP contribution in [0.4, 0.5) is 0 Å². The Hall–Kier alpha value is -1.10. The summed E-state index contributed by atoms with van der Waals surface area (Å²) >= 11 is 0. The van der Waals surface area contributed by atoms with Gasteiger partial charge in [-0.05, 0) is 33.1 Å². The lowest BCUT2D eigenvalue weighted by Crippen LogP contribution is -2.41. The number of carboxylic acid groups (broad SMARTS) is 1. The molecule has 1 amide bonds. The summed E-state index contributed by atoms with van der Waals surface area (Å²) in [6.45, 7) is 11.0. The molecule has 124 valence electrons. The Morgan fingerprint density at radius 2 is 1.71 bits per heavy atom. The SMILES string of the molecule is CCC(CC)C(=O)N(CCCOC(C)C)CC(C)C(=O)O. The third kappa shape index (κ3) is 8.05. The zero-order valence-electron chi connectivity index (χ0n) is 14.1. The summed E-state index contributed by atoms with van der Waals surface area (Å²) in [5, 5.41) is 9.05. The molecule has 0 fully saturated rings. The Morgan fingerprint density at radius 1 is 1.14 bits per heavy atom. The second-order valence-electron chi connectivity index (χ2n) is 5.81. The van der Waals surface area contributed by atoms with Gasteiger partial charge in [-0.15, -0.1) is 0 Å². The van der Waals surface area contributed by atoms with Gasteiger partial charge in [0.15, 0.2) is 0 Å². The van der Waals surface area contributed by atoms with Crippen LogP contribution in [0.25, 0.3) is 0 Å². The summed E-state index contributed by atoms with van der Waals surface area (Å²) in [5.41, 5.74) is 0. The van der Waals surface area contributed by atoms with Gasteiger partial charge in [-0.3, -0.25) is 9.59 Å². The molecule has 0 aliphatic rings. The van der Waals surface area contributed by atoms with Gasteiger partial charge in [-0.1, -0.05) is 20.8 Å². The van der Waals surface area contributed by atoms with Crippen LogP contribution < -0.4 is 0 Å². The molecule has 0 aromatic heterocycles. The van der Waals surface area contributed by atoms with E-state index in [1.54, 1.807) is 11.8 Å². The number of rotatable bonds is 11. The van der Waals surface area contributed by atoms with Gasteiger partial charge in [0.25, 0.3) is 0 Å². The van der Waals surface area contributed by atoms with Crippen LogP contribution in [-0.4, -0.2) is 47.7 Å². The fraction of sp³-hybridized carbons (Fsp3) is 0.875. The Labute approximate surface area is 128 Å². The van der Waals surface area contributed by atoms with Gasteiger partial charge < -0.3 is 14.7 Å². The summed E-state index contributed by atoms with van der Waals surface area (Å²) in [6.07, 6.45) is 2.48. The lowest BCUT2D eigenvalue weighted by atomic mass is 10.0. The first kappa shape index (κ1) is 19.9. The molecule has 1 atom stereocenters. The van der Waals surface area contributed by atoms with E-state index in [1.165, 1.54) is 0 Å². The van der Waals surface area contributed by atoms with Crippen LogP contribution in [0.15, 0.2) is 0 Å². The number of carboxylic acids is 1. The predicted molar refractivity (Wildman–Crippen MR) is 83.2 cm³/mol. The molecule has 0 saturated carbocycles. The number of ether oxygens (including phenoxy) is 1. The molecular weight excluding hydrogens is 270 g/mol. The van der Waals surface area contributed by atoms with E-state index in [9.17, 15) is 9.59 Å². The van der Waals surface area contributed by atoms with Crippen molar-refractivity contribution in [1.82, 2.24) is 4.90 Å². The number of carbonyl (C=O) groups excluding carboxylic acids is 1. The first-order valence-corrected chi connectivity index (χ1v) is 7.96. The fourth-order valence-electron chi connectivity index (χ4n) is 2.17. The Balaban J connectivity index is 4.60. The van der Waals surface area contributed by atoms with Crippen LogP contribution in [0.2, 0.25) is 0 Å². The van der Waals surface area contributed by atoms with E-state index in [0.717, 1.165) is 19.3 Å². The van der Waals surface area contributed by atoms with Crippen molar-refractivity contribution in [3.8, 4) is 0 Å². The minimum Gasteiger partial charge on any atom is -0.481 e. The summed E-state index contributed by atoms with van der Waals surface area (Å²) in [6, 6.07) is 0. The average molecular weight is 301 g/mol. The van der Waals surface area contributed by atoms with Crippen molar-refractivity contribution >= 4 is 11.9 Å². The molecule has 0 spiro atoms. The molecule has 5 heteroatoms.